The smallest absolute Gasteiger partial charge is 0.335 e. The third-order valence-corrected chi connectivity index (χ3v) is 2.73. The Kier molecular flexibility index (Phi) is 3.44. The second-order valence-corrected chi connectivity index (χ2v) is 3.95. The van der Waals surface area contributed by atoms with Gasteiger partial charge >= 0.3 is 5.97 Å². The summed E-state index contributed by atoms with van der Waals surface area (Å²) in [4.78, 5) is 24.6. The zero-order chi connectivity index (χ0) is 14.7. The molecule has 6 nitrogen and oxygen atoms in total. The first-order valence-electron chi connectivity index (χ1n) is 5.52. The van der Waals surface area contributed by atoms with E-state index in [-0.39, 0.29) is 16.9 Å². The van der Waals surface area contributed by atoms with Crippen LogP contribution in [0.5, 0.6) is 0 Å². The number of aromatic carboxylic acids is 1. The third kappa shape index (κ3) is 2.47. The number of carbonyl (C=O) groups is 1. The highest BCUT2D eigenvalue weighted by molar-refractivity contribution is 5.97. The molecule has 0 aliphatic heterocycles. The highest BCUT2D eigenvalue weighted by Gasteiger charge is 2.14. The summed E-state index contributed by atoms with van der Waals surface area (Å²) in [6, 6.07) is 9.93. The number of non-ortho nitro benzene ring substituents is 1. The summed E-state index contributed by atoms with van der Waals surface area (Å²) in [5.74, 6) is -1.18. The molecule has 98 valence electrons. The van der Waals surface area contributed by atoms with Gasteiger partial charge in [0.1, 0.15) is 0 Å². The zero-order valence-electron chi connectivity index (χ0n) is 10.1. The number of hydrogen-bond acceptors (Lipinski definition) is 3. The van der Waals surface area contributed by atoms with Crippen LogP contribution in [-0.4, -0.2) is 16.0 Å². The number of carboxylic acids is 1. The van der Waals surface area contributed by atoms with Crippen LogP contribution in [0.25, 0.3) is 16.0 Å². The Morgan fingerprint density at radius 2 is 2.00 bits per heavy atom. The lowest BCUT2D eigenvalue weighted by Crippen LogP contribution is -1.99. The molecule has 0 spiro atoms. The molecule has 0 atom stereocenters. The minimum Gasteiger partial charge on any atom is -0.478 e. The number of benzene rings is 2. The van der Waals surface area contributed by atoms with Crippen LogP contribution in [0.4, 0.5) is 11.4 Å². The molecule has 0 amide bonds. The molecule has 1 N–H and O–H groups in total. The summed E-state index contributed by atoms with van der Waals surface area (Å²) in [7, 11) is 0. The SMILES string of the molecule is [C-]#[N+]c1ccc(-c2cccc([N+](=O)[O-])c2)c(C(=O)O)c1. The first kappa shape index (κ1) is 13.2. The van der Waals surface area contributed by atoms with Gasteiger partial charge in [-0.3, -0.25) is 10.1 Å². The van der Waals surface area contributed by atoms with Gasteiger partial charge in [-0.05, 0) is 17.2 Å². The second kappa shape index (κ2) is 5.20. The molecule has 0 radical (unpaired) electrons. The lowest BCUT2D eigenvalue weighted by Gasteiger charge is -2.07. The first-order chi connectivity index (χ1) is 9.52. The number of nitrogens with zero attached hydrogens (tertiary/aromatic N) is 2. The van der Waals surface area contributed by atoms with Crippen LogP contribution in [0.3, 0.4) is 0 Å². The monoisotopic (exact) mass is 268 g/mol. The number of hydrogen-bond donors (Lipinski definition) is 1. The van der Waals surface area contributed by atoms with Gasteiger partial charge < -0.3 is 5.11 Å². The standard InChI is InChI=1S/C14H8N2O4/c1-15-10-5-6-12(13(8-10)14(17)18)9-3-2-4-11(7-9)16(19)20/h2-8H,(H,17,18). The van der Waals surface area contributed by atoms with E-state index in [4.69, 9.17) is 6.57 Å². The molecule has 0 unspecified atom stereocenters. The molecular weight excluding hydrogens is 260 g/mol. The molecule has 0 aliphatic rings. The Bertz CT molecular complexity index is 747. The number of carboxylic acid groups (broad SMARTS) is 1. The van der Waals surface area contributed by atoms with Gasteiger partial charge in [0.25, 0.3) is 5.69 Å². The maximum atomic E-state index is 11.2. The summed E-state index contributed by atoms with van der Waals surface area (Å²) >= 11 is 0. The van der Waals surface area contributed by atoms with E-state index < -0.39 is 10.9 Å². The van der Waals surface area contributed by atoms with Crippen molar-refractivity contribution in [3.05, 3.63) is 69.6 Å². The fourth-order valence-corrected chi connectivity index (χ4v) is 1.82. The van der Waals surface area contributed by atoms with Crippen LogP contribution in [0.15, 0.2) is 42.5 Å². The van der Waals surface area contributed by atoms with Crippen molar-refractivity contribution < 1.29 is 14.8 Å². The zero-order valence-corrected chi connectivity index (χ0v) is 10.1. The Morgan fingerprint density at radius 1 is 1.25 bits per heavy atom. The van der Waals surface area contributed by atoms with E-state index in [2.05, 4.69) is 4.85 Å². The highest BCUT2D eigenvalue weighted by Crippen LogP contribution is 2.29. The van der Waals surface area contributed by atoms with Gasteiger partial charge in [0, 0.05) is 12.1 Å². The maximum absolute atomic E-state index is 11.2. The van der Waals surface area contributed by atoms with Crippen molar-refractivity contribution in [2.75, 3.05) is 0 Å². The molecule has 0 bridgehead atoms. The minimum absolute atomic E-state index is 0.0565. The molecule has 0 aliphatic carbocycles. The molecule has 6 heteroatoms. The van der Waals surface area contributed by atoms with Gasteiger partial charge in [-0.2, -0.15) is 0 Å². The quantitative estimate of drug-likeness (QED) is 0.524. The predicted octanol–water partition coefficient (Wildman–Crippen LogP) is 3.51. The first-order valence-corrected chi connectivity index (χ1v) is 5.52. The molecule has 2 aromatic carbocycles. The van der Waals surface area contributed by atoms with Crippen molar-refractivity contribution in [3.8, 4) is 11.1 Å². The van der Waals surface area contributed by atoms with Crippen LogP contribution >= 0.6 is 0 Å². The molecule has 0 fully saturated rings. The molecule has 0 saturated heterocycles. The van der Waals surface area contributed by atoms with Crippen molar-refractivity contribution in [3.63, 3.8) is 0 Å². The topological polar surface area (TPSA) is 84.8 Å². The summed E-state index contributed by atoms with van der Waals surface area (Å²) < 4.78 is 0. The lowest BCUT2D eigenvalue weighted by atomic mass is 9.98. The summed E-state index contributed by atoms with van der Waals surface area (Å²) in [6.45, 7) is 6.89. The second-order valence-electron chi connectivity index (χ2n) is 3.95. The number of nitro benzene ring substituents is 1. The fourth-order valence-electron chi connectivity index (χ4n) is 1.82. The Balaban J connectivity index is 2.63. The minimum atomic E-state index is -1.18. The van der Waals surface area contributed by atoms with E-state index >= 15 is 0 Å². The third-order valence-electron chi connectivity index (χ3n) is 2.73. The van der Waals surface area contributed by atoms with E-state index in [0.29, 0.717) is 11.1 Å². The Hall–Kier alpha value is -3.20. The van der Waals surface area contributed by atoms with E-state index in [1.807, 2.05) is 0 Å². The van der Waals surface area contributed by atoms with Gasteiger partial charge in [0.2, 0.25) is 0 Å². The van der Waals surface area contributed by atoms with Crippen LogP contribution < -0.4 is 0 Å². The van der Waals surface area contributed by atoms with E-state index in [1.54, 1.807) is 6.07 Å². The van der Waals surface area contributed by atoms with Crippen molar-refractivity contribution in [1.29, 1.82) is 0 Å². The van der Waals surface area contributed by atoms with Crippen molar-refractivity contribution >= 4 is 17.3 Å². The van der Waals surface area contributed by atoms with Crippen molar-refractivity contribution in [2.24, 2.45) is 0 Å². The number of nitro groups is 1. The van der Waals surface area contributed by atoms with Crippen molar-refractivity contribution in [1.82, 2.24) is 0 Å². The average Bonchev–Trinajstić information content (AvgIpc) is 2.46. The van der Waals surface area contributed by atoms with Gasteiger partial charge in [-0.1, -0.05) is 24.3 Å². The predicted molar refractivity (Wildman–Crippen MR) is 71.8 cm³/mol. The van der Waals surface area contributed by atoms with Crippen LogP contribution in [-0.2, 0) is 0 Å². The number of rotatable bonds is 3. The average molecular weight is 268 g/mol. The van der Waals surface area contributed by atoms with Gasteiger partial charge in [0.05, 0.1) is 17.1 Å². The summed E-state index contributed by atoms with van der Waals surface area (Å²) in [6.07, 6.45) is 0. The molecule has 0 heterocycles. The Morgan fingerprint density at radius 3 is 2.60 bits per heavy atom. The van der Waals surface area contributed by atoms with Gasteiger partial charge in [-0.15, -0.1) is 0 Å². The molecule has 0 aromatic heterocycles. The van der Waals surface area contributed by atoms with Gasteiger partial charge in [-0.25, -0.2) is 9.64 Å². The largest absolute Gasteiger partial charge is 0.478 e. The molecule has 2 rings (SSSR count). The van der Waals surface area contributed by atoms with Crippen LogP contribution in [0.2, 0.25) is 0 Å². The molecular formula is C14H8N2O4. The molecule has 20 heavy (non-hydrogen) atoms. The Labute approximate surface area is 113 Å². The normalized spacial score (nSPS) is 9.75. The summed E-state index contributed by atoms with van der Waals surface area (Å²) in [5, 5.41) is 19.9. The van der Waals surface area contributed by atoms with E-state index in [1.165, 1.54) is 36.4 Å². The lowest BCUT2D eigenvalue weighted by molar-refractivity contribution is -0.384. The fraction of sp³-hybridized carbons (Fsp3) is 0. The highest BCUT2D eigenvalue weighted by atomic mass is 16.6. The van der Waals surface area contributed by atoms with Crippen LogP contribution in [0.1, 0.15) is 10.4 Å². The van der Waals surface area contributed by atoms with Gasteiger partial charge in [0.15, 0.2) is 5.69 Å². The van der Waals surface area contributed by atoms with E-state index in [9.17, 15) is 20.0 Å². The molecule has 2 aromatic rings. The molecule has 0 saturated carbocycles. The van der Waals surface area contributed by atoms with Crippen molar-refractivity contribution in [2.45, 2.75) is 0 Å². The van der Waals surface area contributed by atoms with E-state index in [0.717, 1.165) is 0 Å². The maximum Gasteiger partial charge on any atom is 0.335 e. The summed E-state index contributed by atoms with van der Waals surface area (Å²) in [5.41, 5.74) is 0.797. The van der Waals surface area contributed by atoms with Crippen LogP contribution in [0, 0.1) is 16.7 Å².